The van der Waals surface area contributed by atoms with E-state index in [9.17, 15) is 4.79 Å². The molecule has 0 aliphatic heterocycles. The first-order valence-electron chi connectivity index (χ1n) is 5.74. The number of aliphatic carboxylic acids is 1. The first kappa shape index (κ1) is 13.6. The molecule has 1 unspecified atom stereocenters. The maximum Gasteiger partial charge on any atom is 0.303 e. The molecule has 0 saturated carbocycles. The highest BCUT2D eigenvalue weighted by molar-refractivity contribution is 5.66. The van der Waals surface area contributed by atoms with E-state index in [0.29, 0.717) is 24.6 Å². The van der Waals surface area contributed by atoms with Crippen molar-refractivity contribution in [1.29, 1.82) is 0 Å². The average molecular weight is 242 g/mol. The molecular weight excluding hydrogens is 224 g/mol. The van der Waals surface area contributed by atoms with Crippen molar-refractivity contribution < 1.29 is 19.2 Å². The average Bonchev–Trinajstić information content (AvgIpc) is 2.74. The highest BCUT2D eigenvalue weighted by atomic mass is 16.5. The van der Waals surface area contributed by atoms with Crippen LogP contribution in [0.5, 0.6) is 0 Å². The molecule has 0 bridgehead atoms. The highest BCUT2D eigenvalue weighted by Crippen LogP contribution is 2.19. The fraction of sp³-hybridized carbons (Fsp3) is 0.727. The Bertz CT molecular complexity index is 351. The number of aryl methyl sites for hydroxylation is 1. The summed E-state index contributed by atoms with van der Waals surface area (Å²) >= 11 is 0. The fourth-order valence-corrected chi connectivity index (χ4v) is 1.51. The molecule has 0 aliphatic rings. The minimum atomic E-state index is -0.814. The second-order valence-electron chi connectivity index (χ2n) is 3.81. The number of carbonyl (C=O) groups is 1. The maximum absolute atomic E-state index is 10.3. The molecule has 0 radical (unpaired) electrons. The third kappa shape index (κ3) is 4.52. The van der Waals surface area contributed by atoms with Crippen LogP contribution < -0.4 is 0 Å². The van der Waals surface area contributed by atoms with E-state index in [1.54, 1.807) is 7.11 Å². The van der Waals surface area contributed by atoms with Crippen LogP contribution in [0.1, 0.15) is 50.4 Å². The Morgan fingerprint density at radius 2 is 2.35 bits per heavy atom. The van der Waals surface area contributed by atoms with Crippen LogP contribution in [0.15, 0.2) is 4.52 Å². The molecule has 0 saturated heterocycles. The van der Waals surface area contributed by atoms with E-state index in [0.717, 1.165) is 12.8 Å². The Balaban J connectivity index is 2.48. The number of nitrogens with zero attached hydrogens (tertiary/aromatic N) is 2. The molecule has 17 heavy (non-hydrogen) atoms. The van der Waals surface area contributed by atoms with Gasteiger partial charge in [0.15, 0.2) is 0 Å². The van der Waals surface area contributed by atoms with Gasteiger partial charge in [-0.3, -0.25) is 4.79 Å². The van der Waals surface area contributed by atoms with Crippen LogP contribution in [0, 0.1) is 0 Å². The van der Waals surface area contributed by atoms with E-state index >= 15 is 0 Å². The molecule has 0 fully saturated rings. The normalized spacial score (nSPS) is 12.6. The van der Waals surface area contributed by atoms with Gasteiger partial charge in [0.05, 0.1) is 0 Å². The number of aromatic nitrogens is 2. The summed E-state index contributed by atoms with van der Waals surface area (Å²) in [6, 6.07) is 0. The highest BCUT2D eigenvalue weighted by Gasteiger charge is 2.16. The lowest BCUT2D eigenvalue weighted by molar-refractivity contribution is -0.137. The molecule has 1 rings (SSSR count). The van der Waals surface area contributed by atoms with Gasteiger partial charge in [-0.25, -0.2) is 0 Å². The SMILES string of the molecule is CCCC(OC)c1noc(CCCC(=O)O)n1. The van der Waals surface area contributed by atoms with Crippen molar-refractivity contribution in [3.05, 3.63) is 11.7 Å². The summed E-state index contributed by atoms with van der Waals surface area (Å²) in [5.74, 6) is 0.199. The van der Waals surface area contributed by atoms with Gasteiger partial charge in [0, 0.05) is 20.0 Å². The van der Waals surface area contributed by atoms with E-state index in [-0.39, 0.29) is 12.5 Å². The molecule has 96 valence electrons. The third-order valence-electron chi connectivity index (χ3n) is 2.39. The Kier molecular flexibility index (Phi) is 5.62. The first-order valence-corrected chi connectivity index (χ1v) is 5.74. The second kappa shape index (κ2) is 7.01. The lowest BCUT2D eigenvalue weighted by Crippen LogP contribution is -2.03. The summed E-state index contributed by atoms with van der Waals surface area (Å²) in [5.41, 5.74) is 0. The van der Waals surface area contributed by atoms with Gasteiger partial charge in [-0.1, -0.05) is 18.5 Å². The fourth-order valence-electron chi connectivity index (χ4n) is 1.51. The van der Waals surface area contributed by atoms with Gasteiger partial charge in [-0.2, -0.15) is 4.98 Å². The first-order chi connectivity index (χ1) is 8.17. The summed E-state index contributed by atoms with van der Waals surface area (Å²) in [7, 11) is 1.61. The predicted octanol–water partition coefficient (Wildman–Crippen LogP) is 1.96. The summed E-state index contributed by atoms with van der Waals surface area (Å²) in [5, 5.41) is 12.4. The number of methoxy groups -OCH3 is 1. The van der Waals surface area contributed by atoms with Crippen LogP contribution in [0.2, 0.25) is 0 Å². The standard InChI is InChI=1S/C11H18N2O4/c1-3-5-8(16-2)11-12-9(17-13-11)6-4-7-10(14)15/h8H,3-7H2,1-2H3,(H,14,15). The molecule has 6 nitrogen and oxygen atoms in total. The monoisotopic (exact) mass is 242 g/mol. The van der Waals surface area contributed by atoms with Crippen molar-refractivity contribution in [2.24, 2.45) is 0 Å². The summed E-state index contributed by atoms with van der Waals surface area (Å²) in [4.78, 5) is 14.5. The Morgan fingerprint density at radius 3 is 2.94 bits per heavy atom. The van der Waals surface area contributed by atoms with Crippen molar-refractivity contribution in [1.82, 2.24) is 10.1 Å². The summed E-state index contributed by atoms with van der Waals surface area (Å²) in [6.07, 6.45) is 2.77. The molecule has 0 aliphatic carbocycles. The van der Waals surface area contributed by atoms with E-state index in [1.807, 2.05) is 0 Å². The number of hydrogen-bond donors (Lipinski definition) is 1. The quantitative estimate of drug-likeness (QED) is 0.750. The zero-order chi connectivity index (χ0) is 12.7. The molecule has 1 heterocycles. The van der Waals surface area contributed by atoms with Gasteiger partial charge in [0.25, 0.3) is 0 Å². The number of carboxylic acids is 1. The van der Waals surface area contributed by atoms with Crippen molar-refractivity contribution in [2.45, 2.75) is 45.1 Å². The van der Waals surface area contributed by atoms with Crippen molar-refractivity contribution in [3.8, 4) is 0 Å². The molecule has 1 atom stereocenters. The molecule has 0 amide bonds. The van der Waals surface area contributed by atoms with Crippen LogP contribution in [-0.4, -0.2) is 28.3 Å². The minimum absolute atomic E-state index is 0.111. The molecule has 0 aromatic carbocycles. The molecule has 1 aromatic heterocycles. The molecule has 0 spiro atoms. The van der Waals surface area contributed by atoms with Crippen molar-refractivity contribution in [3.63, 3.8) is 0 Å². The van der Waals surface area contributed by atoms with Gasteiger partial charge < -0.3 is 14.4 Å². The molecule has 6 heteroatoms. The number of rotatable bonds is 8. The number of ether oxygens (including phenoxy) is 1. The van der Waals surface area contributed by atoms with Gasteiger partial charge >= 0.3 is 5.97 Å². The van der Waals surface area contributed by atoms with Crippen LogP contribution in [0.4, 0.5) is 0 Å². The Morgan fingerprint density at radius 1 is 1.59 bits per heavy atom. The molecular formula is C11H18N2O4. The number of carboxylic acid groups (broad SMARTS) is 1. The lowest BCUT2D eigenvalue weighted by atomic mass is 10.2. The van der Waals surface area contributed by atoms with Crippen LogP contribution in [0.3, 0.4) is 0 Å². The zero-order valence-corrected chi connectivity index (χ0v) is 10.2. The van der Waals surface area contributed by atoms with E-state index < -0.39 is 5.97 Å². The minimum Gasteiger partial charge on any atom is -0.481 e. The third-order valence-corrected chi connectivity index (χ3v) is 2.39. The largest absolute Gasteiger partial charge is 0.481 e. The van der Waals surface area contributed by atoms with Crippen LogP contribution in [-0.2, 0) is 16.0 Å². The van der Waals surface area contributed by atoms with Crippen molar-refractivity contribution in [2.75, 3.05) is 7.11 Å². The maximum atomic E-state index is 10.3. The zero-order valence-electron chi connectivity index (χ0n) is 10.2. The Labute approximate surface area is 100.0 Å². The van der Waals surface area contributed by atoms with Gasteiger partial charge in [0.1, 0.15) is 6.10 Å². The smallest absolute Gasteiger partial charge is 0.303 e. The molecule has 1 aromatic rings. The number of hydrogen-bond acceptors (Lipinski definition) is 5. The predicted molar refractivity (Wildman–Crippen MR) is 59.5 cm³/mol. The van der Waals surface area contributed by atoms with E-state index in [2.05, 4.69) is 17.1 Å². The second-order valence-corrected chi connectivity index (χ2v) is 3.81. The van der Waals surface area contributed by atoms with Gasteiger partial charge in [-0.15, -0.1) is 0 Å². The molecule has 1 N–H and O–H groups in total. The van der Waals surface area contributed by atoms with E-state index in [4.69, 9.17) is 14.4 Å². The van der Waals surface area contributed by atoms with Crippen LogP contribution in [0.25, 0.3) is 0 Å². The van der Waals surface area contributed by atoms with Gasteiger partial charge in [0.2, 0.25) is 11.7 Å². The Hall–Kier alpha value is -1.43. The lowest BCUT2D eigenvalue weighted by Gasteiger charge is -2.08. The van der Waals surface area contributed by atoms with Gasteiger partial charge in [-0.05, 0) is 12.8 Å². The topological polar surface area (TPSA) is 85.5 Å². The van der Waals surface area contributed by atoms with E-state index in [1.165, 1.54) is 0 Å². The van der Waals surface area contributed by atoms with Crippen LogP contribution >= 0.6 is 0 Å². The summed E-state index contributed by atoms with van der Waals surface area (Å²) in [6.45, 7) is 2.06. The summed E-state index contributed by atoms with van der Waals surface area (Å²) < 4.78 is 10.3. The van der Waals surface area contributed by atoms with Crippen molar-refractivity contribution >= 4 is 5.97 Å².